The zero-order valence-corrected chi connectivity index (χ0v) is 8.55. The van der Waals surface area contributed by atoms with Gasteiger partial charge in [-0.2, -0.15) is 4.37 Å². The SMILES string of the molecule is Cc1nsc(CN2CCC(N)C2)n1. The minimum atomic E-state index is 0.356. The van der Waals surface area contributed by atoms with Crippen LogP contribution in [0.3, 0.4) is 0 Å². The van der Waals surface area contributed by atoms with Gasteiger partial charge in [0.15, 0.2) is 0 Å². The first kappa shape index (κ1) is 9.05. The van der Waals surface area contributed by atoms with Gasteiger partial charge >= 0.3 is 0 Å². The molecule has 1 fully saturated rings. The number of hydrogen-bond donors (Lipinski definition) is 1. The molecule has 2 heterocycles. The molecular formula is C8H14N4S. The molecule has 13 heavy (non-hydrogen) atoms. The van der Waals surface area contributed by atoms with Gasteiger partial charge in [0, 0.05) is 19.1 Å². The number of aryl methyl sites for hydroxylation is 1. The summed E-state index contributed by atoms with van der Waals surface area (Å²) in [5, 5.41) is 1.10. The Labute approximate surface area is 81.9 Å². The summed E-state index contributed by atoms with van der Waals surface area (Å²) in [5.74, 6) is 0.878. The molecule has 2 N–H and O–H groups in total. The van der Waals surface area contributed by atoms with Gasteiger partial charge in [0.1, 0.15) is 10.8 Å². The number of aromatic nitrogens is 2. The molecule has 0 spiro atoms. The second kappa shape index (κ2) is 3.69. The molecule has 0 aliphatic carbocycles. The second-order valence-electron chi connectivity index (χ2n) is 3.52. The first-order valence-electron chi connectivity index (χ1n) is 4.51. The molecule has 1 unspecified atom stereocenters. The van der Waals surface area contributed by atoms with Crippen molar-refractivity contribution < 1.29 is 0 Å². The molecule has 0 amide bonds. The van der Waals surface area contributed by atoms with Gasteiger partial charge in [-0.25, -0.2) is 4.98 Å². The van der Waals surface area contributed by atoms with Crippen molar-refractivity contribution in [3.05, 3.63) is 10.8 Å². The lowest BCUT2D eigenvalue weighted by atomic mass is 10.3. The van der Waals surface area contributed by atoms with Crippen molar-refractivity contribution in [3.63, 3.8) is 0 Å². The zero-order valence-electron chi connectivity index (χ0n) is 7.73. The van der Waals surface area contributed by atoms with E-state index < -0.39 is 0 Å². The Balaban J connectivity index is 1.91. The molecule has 1 aromatic heterocycles. The van der Waals surface area contributed by atoms with Gasteiger partial charge in [0.2, 0.25) is 0 Å². The van der Waals surface area contributed by atoms with Crippen molar-refractivity contribution in [1.82, 2.24) is 14.3 Å². The summed E-state index contributed by atoms with van der Waals surface area (Å²) in [6.07, 6.45) is 1.11. The second-order valence-corrected chi connectivity index (χ2v) is 4.36. The molecule has 1 saturated heterocycles. The minimum Gasteiger partial charge on any atom is -0.326 e. The largest absolute Gasteiger partial charge is 0.326 e. The van der Waals surface area contributed by atoms with Crippen LogP contribution in [0.2, 0.25) is 0 Å². The van der Waals surface area contributed by atoms with Crippen LogP contribution in [0.5, 0.6) is 0 Å². The van der Waals surface area contributed by atoms with Crippen molar-refractivity contribution in [2.24, 2.45) is 5.73 Å². The molecule has 0 radical (unpaired) electrons. The van der Waals surface area contributed by atoms with Gasteiger partial charge < -0.3 is 5.73 Å². The van der Waals surface area contributed by atoms with E-state index in [4.69, 9.17) is 5.73 Å². The number of likely N-dealkylation sites (tertiary alicyclic amines) is 1. The van der Waals surface area contributed by atoms with Crippen LogP contribution in [0.4, 0.5) is 0 Å². The average molecular weight is 198 g/mol. The maximum absolute atomic E-state index is 5.81. The summed E-state index contributed by atoms with van der Waals surface area (Å²) >= 11 is 1.49. The van der Waals surface area contributed by atoms with Crippen LogP contribution in [-0.4, -0.2) is 33.4 Å². The van der Waals surface area contributed by atoms with Crippen LogP contribution in [0, 0.1) is 6.92 Å². The van der Waals surface area contributed by atoms with E-state index in [-0.39, 0.29) is 0 Å². The number of nitrogens with two attached hydrogens (primary N) is 1. The fourth-order valence-electron chi connectivity index (χ4n) is 1.60. The molecule has 2 rings (SSSR count). The topological polar surface area (TPSA) is 55.0 Å². The van der Waals surface area contributed by atoms with E-state index in [1.165, 1.54) is 11.5 Å². The Morgan fingerprint density at radius 2 is 2.54 bits per heavy atom. The minimum absolute atomic E-state index is 0.356. The van der Waals surface area contributed by atoms with E-state index in [0.717, 1.165) is 36.9 Å². The van der Waals surface area contributed by atoms with E-state index in [0.29, 0.717) is 6.04 Å². The van der Waals surface area contributed by atoms with Gasteiger partial charge in [0.05, 0.1) is 6.54 Å². The third kappa shape index (κ3) is 2.24. The zero-order chi connectivity index (χ0) is 9.26. The van der Waals surface area contributed by atoms with Crippen LogP contribution >= 0.6 is 11.5 Å². The molecule has 4 nitrogen and oxygen atoms in total. The van der Waals surface area contributed by atoms with E-state index in [9.17, 15) is 0 Å². The van der Waals surface area contributed by atoms with Crippen molar-refractivity contribution in [2.75, 3.05) is 13.1 Å². The number of rotatable bonds is 2. The Bertz CT molecular complexity index is 285. The molecule has 1 aliphatic rings. The maximum atomic E-state index is 5.81. The average Bonchev–Trinajstić information content (AvgIpc) is 2.62. The van der Waals surface area contributed by atoms with Crippen molar-refractivity contribution in [1.29, 1.82) is 0 Å². The highest BCUT2D eigenvalue weighted by molar-refractivity contribution is 7.05. The van der Waals surface area contributed by atoms with Gasteiger partial charge in [-0.15, -0.1) is 0 Å². The lowest BCUT2D eigenvalue weighted by molar-refractivity contribution is 0.326. The molecule has 1 aliphatic heterocycles. The van der Waals surface area contributed by atoms with E-state index in [1.54, 1.807) is 0 Å². The summed E-state index contributed by atoms with van der Waals surface area (Å²) < 4.78 is 4.15. The summed E-state index contributed by atoms with van der Waals surface area (Å²) in [5.41, 5.74) is 5.81. The van der Waals surface area contributed by atoms with Crippen LogP contribution in [0.25, 0.3) is 0 Å². The monoisotopic (exact) mass is 198 g/mol. The Morgan fingerprint density at radius 1 is 1.69 bits per heavy atom. The maximum Gasteiger partial charge on any atom is 0.139 e. The summed E-state index contributed by atoms with van der Waals surface area (Å²) in [6, 6.07) is 0.356. The van der Waals surface area contributed by atoms with E-state index in [1.807, 2.05) is 6.92 Å². The quantitative estimate of drug-likeness (QED) is 0.746. The van der Waals surface area contributed by atoms with Crippen LogP contribution in [0.1, 0.15) is 17.3 Å². The van der Waals surface area contributed by atoms with Gasteiger partial charge in [-0.3, -0.25) is 4.90 Å². The molecule has 72 valence electrons. The predicted octanol–water partition coefficient (Wildman–Crippen LogP) is 0.380. The first-order chi connectivity index (χ1) is 6.24. The number of nitrogens with zero attached hydrogens (tertiary/aromatic N) is 3. The van der Waals surface area contributed by atoms with Crippen molar-refractivity contribution in [3.8, 4) is 0 Å². The van der Waals surface area contributed by atoms with Gasteiger partial charge in [-0.05, 0) is 24.9 Å². The third-order valence-electron chi connectivity index (χ3n) is 2.24. The molecule has 1 atom stereocenters. The standard InChI is InChI=1S/C8H14N4S/c1-6-10-8(13-11-6)5-12-3-2-7(9)4-12/h7H,2-5,9H2,1H3. The Kier molecular flexibility index (Phi) is 2.57. The molecule has 0 bridgehead atoms. The van der Waals surface area contributed by atoms with Gasteiger partial charge in [-0.1, -0.05) is 0 Å². The molecule has 5 heteroatoms. The predicted molar refractivity (Wildman–Crippen MR) is 52.5 cm³/mol. The molecule has 0 aromatic carbocycles. The first-order valence-corrected chi connectivity index (χ1v) is 5.28. The van der Waals surface area contributed by atoms with Crippen LogP contribution in [0.15, 0.2) is 0 Å². The van der Waals surface area contributed by atoms with Crippen LogP contribution in [-0.2, 0) is 6.54 Å². The highest BCUT2D eigenvalue weighted by atomic mass is 32.1. The highest BCUT2D eigenvalue weighted by Crippen LogP contribution is 2.13. The molecular weight excluding hydrogens is 184 g/mol. The summed E-state index contributed by atoms with van der Waals surface area (Å²) in [6.45, 7) is 4.94. The third-order valence-corrected chi connectivity index (χ3v) is 3.02. The smallest absolute Gasteiger partial charge is 0.139 e. The lowest BCUT2D eigenvalue weighted by Gasteiger charge is -2.11. The van der Waals surface area contributed by atoms with E-state index in [2.05, 4.69) is 14.3 Å². The normalized spacial score (nSPS) is 24.0. The molecule has 0 saturated carbocycles. The van der Waals surface area contributed by atoms with Gasteiger partial charge in [0.25, 0.3) is 0 Å². The number of hydrogen-bond acceptors (Lipinski definition) is 5. The van der Waals surface area contributed by atoms with E-state index >= 15 is 0 Å². The lowest BCUT2D eigenvalue weighted by Crippen LogP contribution is -2.26. The summed E-state index contributed by atoms with van der Waals surface area (Å²) in [4.78, 5) is 6.66. The highest BCUT2D eigenvalue weighted by Gasteiger charge is 2.19. The van der Waals surface area contributed by atoms with Crippen LogP contribution < -0.4 is 5.73 Å². The van der Waals surface area contributed by atoms with Crippen molar-refractivity contribution in [2.45, 2.75) is 25.9 Å². The molecule has 1 aromatic rings. The Hall–Kier alpha value is -0.520. The summed E-state index contributed by atoms with van der Waals surface area (Å²) in [7, 11) is 0. The Morgan fingerprint density at radius 3 is 3.08 bits per heavy atom. The van der Waals surface area contributed by atoms with Crippen molar-refractivity contribution >= 4 is 11.5 Å². The fraction of sp³-hybridized carbons (Fsp3) is 0.750. The fourth-order valence-corrected chi connectivity index (χ4v) is 2.29.